The molecule has 6 heteroatoms. The van der Waals surface area contributed by atoms with E-state index in [0.717, 1.165) is 11.3 Å². The molecule has 0 aromatic heterocycles. The molecule has 1 amide bonds. The van der Waals surface area contributed by atoms with Crippen LogP contribution in [0.15, 0.2) is 24.8 Å². The van der Waals surface area contributed by atoms with Crippen molar-refractivity contribution in [3.63, 3.8) is 0 Å². The van der Waals surface area contributed by atoms with Gasteiger partial charge in [-0.15, -0.1) is 6.58 Å². The first kappa shape index (κ1) is 16.5. The first-order valence-corrected chi connectivity index (χ1v) is 8.23. The predicted molar refractivity (Wildman–Crippen MR) is 90.4 cm³/mol. The van der Waals surface area contributed by atoms with Gasteiger partial charge in [0.05, 0.1) is 36.6 Å². The summed E-state index contributed by atoms with van der Waals surface area (Å²) in [5.41, 5.74) is 2.47. The van der Waals surface area contributed by atoms with Crippen LogP contribution in [-0.2, 0) is 16.0 Å². The molecule has 0 spiro atoms. The number of nitrogens with zero attached hydrogens (tertiary/aromatic N) is 2. The minimum absolute atomic E-state index is 0.136. The number of ether oxygens (including phenoxy) is 2. The van der Waals surface area contributed by atoms with E-state index in [0.29, 0.717) is 50.5 Å². The summed E-state index contributed by atoms with van der Waals surface area (Å²) in [5.74, 6) is -0.576. The lowest BCUT2D eigenvalue weighted by Crippen LogP contribution is -2.37. The van der Waals surface area contributed by atoms with Crippen molar-refractivity contribution in [1.82, 2.24) is 4.90 Å². The van der Waals surface area contributed by atoms with Crippen LogP contribution in [0.5, 0.6) is 0 Å². The third-order valence-electron chi connectivity index (χ3n) is 4.31. The van der Waals surface area contributed by atoms with Gasteiger partial charge in [0, 0.05) is 26.2 Å². The Morgan fingerprint density at radius 1 is 1.38 bits per heavy atom. The van der Waals surface area contributed by atoms with Crippen molar-refractivity contribution in [2.24, 2.45) is 0 Å². The molecule has 0 saturated carbocycles. The largest absolute Gasteiger partial charge is 0.462 e. The Bertz CT molecular complexity index is 665. The van der Waals surface area contributed by atoms with E-state index in [1.165, 1.54) is 0 Å². The molecule has 1 aromatic rings. The van der Waals surface area contributed by atoms with Crippen LogP contribution in [0, 0.1) is 0 Å². The Hall–Kier alpha value is -2.34. The van der Waals surface area contributed by atoms with Crippen molar-refractivity contribution >= 4 is 17.6 Å². The molecule has 0 atom stereocenters. The smallest absolute Gasteiger partial charge is 0.341 e. The second kappa shape index (κ2) is 7.05. The zero-order valence-electron chi connectivity index (χ0n) is 13.9. The molecule has 1 fully saturated rings. The van der Waals surface area contributed by atoms with Gasteiger partial charge in [-0.25, -0.2) is 4.79 Å². The quantitative estimate of drug-likeness (QED) is 0.609. The number of benzene rings is 1. The third kappa shape index (κ3) is 2.89. The van der Waals surface area contributed by atoms with Crippen molar-refractivity contribution in [1.29, 1.82) is 0 Å². The van der Waals surface area contributed by atoms with Gasteiger partial charge in [0.2, 0.25) is 0 Å². The monoisotopic (exact) mass is 330 g/mol. The summed E-state index contributed by atoms with van der Waals surface area (Å²) in [5, 5.41) is 0. The molecule has 0 unspecified atom stereocenters. The number of rotatable bonds is 5. The summed E-state index contributed by atoms with van der Waals surface area (Å²) in [7, 11) is 0. The maximum atomic E-state index is 12.8. The highest BCUT2D eigenvalue weighted by molar-refractivity contribution is 6.11. The lowest BCUT2D eigenvalue weighted by molar-refractivity contribution is 0.0521. The molecule has 3 rings (SSSR count). The van der Waals surface area contributed by atoms with Crippen LogP contribution < -0.4 is 4.90 Å². The van der Waals surface area contributed by atoms with Crippen LogP contribution in [-0.4, -0.2) is 56.2 Å². The van der Waals surface area contributed by atoms with Crippen LogP contribution >= 0.6 is 0 Å². The molecule has 0 aliphatic carbocycles. The summed E-state index contributed by atoms with van der Waals surface area (Å²) < 4.78 is 10.6. The van der Waals surface area contributed by atoms with E-state index in [2.05, 4.69) is 11.5 Å². The van der Waals surface area contributed by atoms with Gasteiger partial charge in [-0.05, 0) is 18.6 Å². The Morgan fingerprint density at radius 2 is 2.12 bits per heavy atom. The Labute approximate surface area is 141 Å². The molecule has 2 aliphatic rings. The van der Waals surface area contributed by atoms with Crippen LogP contribution in [0.4, 0.5) is 5.69 Å². The number of anilines is 1. The predicted octanol–water partition coefficient (Wildman–Crippen LogP) is 1.84. The van der Waals surface area contributed by atoms with Crippen LogP contribution in [0.1, 0.15) is 33.2 Å². The van der Waals surface area contributed by atoms with E-state index >= 15 is 0 Å². The highest BCUT2D eigenvalue weighted by Crippen LogP contribution is 2.34. The second-order valence-electron chi connectivity index (χ2n) is 5.79. The molecule has 6 nitrogen and oxygen atoms in total. The zero-order valence-corrected chi connectivity index (χ0v) is 13.9. The van der Waals surface area contributed by atoms with E-state index in [9.17, 15) is 9.59 Å². The number of esters is 1. The summed E-state index contributed by atoms with van der Waals surface area (Å²) in [6.45, 7) is 9.28. The number of carbonyl (C=O) groups is 2. The van der Waals surface area contributed by atoms with E-state index in [1.807, 2.05) is 12.1 Å². The lowest BCUT2D eigenvalue weighted by atomic mass is 10.00. The van der Waals surface area contributed by atoms with Gasteiger partial charge in [-0.2, -0.15) is 0 Å². The second-order valence-corrected chi connectivity index (χ2v) is 5.79. The van der Waals surface area contributed by atoms with Crippen LogP contribution in [0.3, 0.4) is 0 Å². The van der Waals surface area contributed by atoms with Gasteiger partial charge in [0.25, 0.3) is 5.91 Å². The average molecular weight is 330 g/mol. The summed E-state index contributed by atoms with van der Waals surface area (Å²) in [4.78, 5) is 29.2. The first-order valence-electron chi connectivity index (χ1n) is 8.23. The van der Waals surface area contributed by atoms with E-state index < -0.39 is 5.97 Å². The van der Waals surface area contributed by atoms with Crippen molar-refractivity contribution < 1.29 is 19.1 Å². The summed E-state index contributed by atoms with van der Waals surface area (Å²) in [6, 6.07) is 3.85. The summed E-state index contributed by atoms with van der Waals surface area (Å²) in [6.07, 6.45) is 1.69. The molecule has 24 heavy (non-hydrogen) atoms. The van der Waals surface area contributed by atoms with Crippen molar-refractivity contribution in [2.45, 2.75) is 13.5 Å². The highest BCUT2D eigenvalue weighted by Gasteiger charge is 2.35. The fourth-order valence-corrected chi connectivity index (χ4v) is 3.23. The van der Waals surface area contributed by atoms with Crippen LogP contribution in [0.2, 0.25) is 0 Å². The maximum absolute atomic E-state index is 12.8. The minimum Gasteiger partial charge on any atom is -0.462 e. The molecule has 1 saturated heterocycles. The third-order valence-corrected chi connectivity index (χ3v) is 4.31. The molecule has 2 heterocycles. The number of amides is 1. The average Bonchev–Trinajstić information content (AvgIpc) is 2.91. The molecular formula is C18H22N2O4. The van der Waals surface area contributed by atoms with Crippen molar-refractivity contribution in [3.05, 3.63) is 41.5 Å². The highest BCUT2D eigenvalue weighted by atomic mass is 16.5. The maximum Gasteiger partial charge on any atom is 0.341 e. The van der Waals surface area contributed by atoms with Gasteiger partial charge in [-0.1, -0.05) is 12.1 Å². The number of morpholine rings is 1. The van der Waals surface area contributed by atoms with Gasteiger partial charge < -0.3 is 19.3 Å². The van der Waals surface area contributed by atoms with Gasteiger partial charge >= 0.3 is 5.97 Å². The van der Waals surface area contributed by atoms with E-state index in [-0.39, 0.29) is 12.5 Å². The molecule has 0 N–H and O–H groups in total. The van der Waals surface area contributed by atoms with Crippen molar-refractivity contribution in [3.8, 4) is 0 Å². The van der Waals surface area contributed by atoms with Crippen LogP contribution in [0.25, 0.3) is 0 Å². The number of hydrogen-bond donors (Lipinski definition) is 0. The van der Waals surface area contributed by atoms with E-state index in [1.54, 1.807) is 17.9 Å². The van der Waals surface area contributed by atoms with Gasteiger partial charge in [-0.3, -0.25) is 4.79 Å². The van der Waals surface area contributed by atoms with Gasteiger partial charge in [0.15, 0.2) is 0 Å². The topological polar surface area (TPSA) is 59.1 Å². The molecular weight excluding hydrogens is 308 g/mol. The zero-order chi connectivity index (χ0) is 17.1. The Morgan fingerprint density at radius 3 is 2.79 bits per heavy atom. The normalized spacial score (nSPS) is 17.0. The van der Waals surface area contributed by atoms with Crippen molar-refractivity contribution in [2.75, 3.05) is 44.4 Å². The molecule has 0 radical (unpaired) electrons. The fourth-order valence-electron chi connectivity index (χ4n) is 3.23. The SMILES string of the molecule is C=CCN1Cc2ccc(N3CCOCC3)c(C(=O)OCC)c2C1=O. The fraction of sp³-hybridized carbons (Fsp3) is 0.444. The first-order chi connectivity index (χ1) is 11.7. The number of carbonyl (C=O) groups excluding carboxylic acids is 2. The molecule has 2 aliphatic heterocycles. The number of hydrogen-bond acceptors (Lipinski definition) is 5. The molecule has 0 bridgehead atoms. The molecule has 128 valence electrons. The lowest BCUT2D eigenvalue weighted by Gasteiger charge is -2.30. The summed E-state index contributed by atoms with van der Waals surface area (Å²) >= 11 is 0. The Kier molecular flexibility index (Phi) is 4.85. The van der Waals surface area contributed by atoms with E-state index in [4.69, 9.17) is 9.47 Å². The Balaban J connectivity index is 2.07. The molecule has 1 aromatic carbocycles. The number of fused-ring (bicyclic) bond motifs is 1. The minimum atomic E-state index is -0.440. The van der Waals surface area contributed by atoms with Gasteiger partial charge in [0.1, 0.15) is 0 Å². The standard InChI is InChI=1S/C18H22N2O4/c1-3-7-20-12-13-5-6-14(19-8-10-23-11-9-19)16(15(13)17(20)21)18(22)24-4-2/h3,5-6H,1,4,7-12H2,2H3.